The number of hydrogen-bond acceptors (Lipinski definition) is 5. The number of urea groups is 1. The van der Waals surface area contributed by atoms with Crippen molar-refractivity contribution in [2.45, 2.75) is 6.92 Å². The molecule has 9 heteroatoms. The first-order valence-electron chi connectivity index (χ1n) is 5.61. The number of carbonyl (C=O) groups excluding carboxylic acids is 1. The van der Waals surface area contributed by atoms with Gasteiger partial charge in [-0.05, 0) is 35.9 Å². The molecule has 0 aliphatic rings. The average molecular weight is 276 g/mol. The number of rotatable bonds is 3. The van der Waals surface area contributed by atoms with Crippen LogP contribution in [-0.2, 0) is 7.05 Å². The molecule has 0 atom stereocenters. The highest BCUT2D eigenvalue weighted by Crippen LogP contribution is 2.16. The van der Waals surface area contributed by atoms with E-state index in [0.29, 0.717) is 11.3 Å². The molecule has 0 saturated heterocycles. The fourth-order valence-electron chi connectivity index (χ4n) is 1.53. The van der Waals surface area contributed by atoms with Crippen LogP contribution < -0.4 is 10.6 Å². The van der Waals surface area contributed by atoms with E-state index in [1.807, 2.05) is 0 Å². The van der Waals surface area contributed by atoms with Gasteiger partial charge in [-0.2, -0.15) is 4.80 Å². The molecule has 104 valence electrons. The number of hydrogen-bond donors (Lipinski definition) is 3. The zero-order valence-corrected chi connectivity index (χ0v) is 10.8. The second kappa shape index (κ2) is 5.34. The number of aromatic nitrogens is 4. The molecule has 2 amide bonds. The summed E-state index contributed by atoms with van der Waals surface area (Å²) in [6.45, 7) is 1.70. The highest BCUT2D eigenvalue weighted by molar-refractivity contribution is 5.99. The molecule has 9 nitrogen and oxygen atoms in total. The van der Waals surface area contributed by atoms with Crippen LogP contribution in [0, 0.1) is 6.92 Å². The van der Waals surface area contributed by atoms with Gasteiger partial charge in [-0.15, -0.1) is 5.10 Å². The van der Waals surface area contributed by atoms with Crippen LogP contribution in [0.3, 0.4) is 0 Å². The van der Waals surface area contributed by atoms with Gasteiger partial charge in [0.1, 0.15) is 0 Å². The van der Waals surface area contributed by atoms with Gasteiger partial charge in [0, 0.05) is 5.69 Å². The van der Waals surface area contributed by atoms with E-state index in [-0.39, 0.29) is 11.5 Å². The van der Waals surface area contributed by atoms with E-state index in [1.165, 1.54) is 23.0 Å². The number of carbonyl (C=O) groups is 2. The largest absolute Gasteiger partial charge is 0.478 e. The molecule has 0 aliphatic carbocycles. The van der Waals surface area contributed by atoms with E-state index in [1.54, 1.807) is 14.0 Å². The summed E-state index contributed by atoms with van der Waals surface area (Å²) in [6.07, 6.45) is 0. The van der Waals surface area contributed by atoms with Gasteiger partial charge >= 0.3 is 12.0 Å². The second-order valence-electron chi connectivity index (χ2n) is 4.02. The van der Waals surface area contributed by atoms with Crippen molar-refractivity contribution in [2.24, 2.45) is 7.05 Å². The van der Waals surface area contributed by atoms with Crippen LogP contribution in [0.4, 0.5) is 16.4 Å². The van der Waals surface area contributed by atoms with Gasteiger partial charge in [-0.3, -0.25) is 5.32 Å². The maximum absolute atomic E-state index is 11.7. The zero-order valence-electron chi connectivity index (χ0n) is 10.8. The summed E-state index contributed by atoms with van der Waals surface area (Å²) in [5.41, 5.74) is 1.28. The summed E-state index contributed by atoms with van der Waals surface area (Å²) in [4.78, 5) is 23.7. The normalized spacial score (nSPS) is 10.1. The van der Waals surface area contributed by atoms with Crippen molar-refractivity contribution in [1.29, 1.82) is 0 Å². The molecule has 0 bridgehead atoms. The van der Waals surface area contributed by atoms with Crippen molar-refractivity contribution in [3.05, 3.63) is 29.3 Å². The molecule has 1 aromatic heterocycles. The molecule has 1 aromatic carbocycles. The molecule has 0 spiro atoms. The number of aryl methyl sites for hydroxylation is 2. The van der Waals surface area contributed by atoms with Crippen molar-refractivity contribution < 1.29 is 14.7 Å². The van der Waals surface area contributed by atoms with Crippen LogP contribution in [0.5, 0.6) is 0 Å². The molecule has 0 saturated carbocycles. The number of benzene rings is 1. The quantitative estimate of drug-likeness (QED) is 0.764. The number of aromatic carboxylic acids is 1. The minimum absolute atomic E-state index is 0.0739. The molecule has 2 aromatic rings. The Balaban J connectivity index is 2.06. The fourth-order valence-corrected chi connectivity index (χ4v) is 1.53. The Hall–Kier alpha value is -2.97. The summed E-state index contributed by atoms with van der Waals surface area (Å²) < 4.78 is 0. The van der Waals surface area contributed by atoms with E-state index in [0.717, 1.165) is 0 Å². The number of tetrazole rings is 1. The smallest absolute Gasteiger partial charge is 0.335 e. The monoisotopic (exact) mass is 276 g/mol. The van der Waals surface area contributed by atoms with E-state index >= 15 is 0 Å². The van der Waals surface area contributed by atoms with Gasteiger partial charge in [0.15, 0.2) is 0 Å². The lowest BCUT2D eigenvalue weighted by Crippen LogP contribution is -2.21. The summed E-state index contributed by atoms with van der Waals surface area (Å²) in [5.74, 6) is -0.947. The van der Waals surface area contributed by atoms with Crippen LogP contribution in [0.25, 0.3) is 0 Å². The topological polar surface area (TPSA) is 122 Å². The first-order chi connectivity index (χ1) is 9.45. The van der Waals surface area contributed by atoms with E-state index in [2.05, 4.69) is 26.0 Å². The molecule has 1 heterocycles. The summed E-state index contributed by atoms with van der Waals surface area (Å²) in [7, 11) is 1.57. The fraction of sp³-hybridized carbons (Fsp3) is 0.182. The van der Waals surface area contributed by atoms with Crippen LogP contribution in [0.2, 0.25) is 0 Å². The van der Waals surface area contributed by atoms with E-state index in [9.17, 15) is 9.59 Å². The number of carboxylic acids is 1. The molecular weight excluding hydrogens is 264 g/mol. The van der Waals surface area contributed by atoms with Gasteiger partial charge < -0.3 is 10.4 Å². The summed E-state index contributed by atoms with van der Waals surface area (Å²) in [6, 6.07) is 3.86. The maximum Gasteiger partial charge on any atom is 0.335 e. The van der Waals surface area contributed by atoms with Gasteiger partial charge in [0.2, 0.25) is 0 Å². The first kappa shape index (κ1) is 13.5. The van der Waals surface area contributed by atoms with Crippen LogP contribution in [0.1, 0.15) is 15.9 Å². The Bertz CT molecular complexity index is 666. The van der Waals surface area contributed by atoms with E-state index < -0.39 is 12.0 Å². The molecule has 3 N–H and O–H groups in total. The van der Waals surface area contributed by atoms with Crippen LogP contribution >= 0.6 is 0 Å². The lowest BCUT2D eigenvalue weighted by atomic mass is 10.1. The van der Waals surface area contributed by atoms with Gasteiger partial charge in [0.25, 0.3) is 5.95 Å². The number of amides is 2. The van der Waals surface area contributed by atoms with E-state index in [4.69, 9.17) is 5.11 Å². The third-order valence-electron chi connectivity index (χ3n) is 2.46. The number of anilines is 2. The van der Waals surface area contributed by atoms with Crippen LogP contribution in [0.15, 0.2) is 18.2 Å². The zero-order chi connectivity index (χ0) is 14.7. The van der Waals surface area contributed by atoms with Crippen molar-refractivity contribution in [3.63, 3.8) is 0 Å². The lowest BCUT2D eigenvalue weighted by molar-refractivity contribution is 0.0697. The molecule has 2 rings (SSSR count). The average Bonchev–Trinajstić information content (AvgIpc) is 2.77. The van der Waals surface area contributed by atoms with Gasteiger partial charge in [-0.1, -0.05) is 5.10 Å². The van der Waals surface area contributed by atoms with Crippen molar-refractivity contribution in [1.82, 2.24) is 20.2 Å². The minimum atomic E-state index is -1.02. The number of nitrogens with zero attached hydrogens (tertiary/aromatic N) is 4. The molecule has 20 heavy (non-hydrogen) atoms. The Kier molecular flexibility index (Phi) is 3.60. The Labute approximate surface area is 113 Å². The Morgan fingerprint density at radius 3 is 2.60 bits per heavy atom. The standard InChI is InChI=1S/C11H12N6O3/c1-6-5-7(9(18)19)3-4-8(6)12-11(20)13-10-14-16-17(2)15-10/h3-5H,1-2H3,(H,18,19)(H2,12,13,15,20). The predicted molar refractivity (Wildman–Crippen MR) is 69.6 cm³/mol. The molecule has 0 radical (unpaired) electrons. The molecule has 0 unspecified atom stereocenters. The molecule has 0 fully saturated rings. The summed E-state index contributed by atoms with van der Waals surface area (Å²) >= 11 is 0. The van der Waals surface area contributed by atoms with Crippen molar-refractivity contribution >= 4 is 23.6 Å². The highest BCUT2D eigenvalue weighted by atomic mass is 16.4. The van der Waals surface area contributed by atoms with Crippen molar-refractivity contribution in [2.75, 3.05) is 10.6 Å². The minimum Gasteiger partial charge on any atom is -0.478 e. The van der Waals surface area contributed by atoms with Crippen molar-refractivity contribution in [3.8, 4) is 0 Å². The number of nitrogens with one attached hydrogen (secondary N) is 2. The Morgan fingerprint density at radius 2 is 2.05 bits per heavy atom. The second-order valence-corrected chi connectivity index (χ2v) is 4.02. The van der Waals surface area contributed by atoms with Crippen LogP contribution in [-0.4, -0.2) is 37.3 Å². The summed E-state index contributed by atoms with van der Waals surface area (Å²) in [5, 5.41) is 24.8. The predicted octanol–water partition coefficient (Wildman–Crippen LogP) is 0.861. The first-order valence-corrected chi connectivity index (χ1v) is 5.61. The third kappa shape index (κ3) is 3.07. The lowest BCUT2D eigenvalue weighted by Gasteiger charge is -2.08. The highest BCUT2D eigenvalue weighted by Gasteiger charge is 2.10. The van der Waals surface area contributed by atoms with Gasteiger partial charge in [-0.25, -0.2) is 9.59 Å². The molecular formula is C11H12N6O3. The molecule has 0 aliphatic heterocycles. The number of carboxylic acid groups (broad SMARTS) is 1. The SMILES string of the molecule is Cc1cc(C(=O)O)ccc1NC(=O)Nc1nnn(C)n1. The van der Waals surface area contributed by atoms with Gasteiger partial charge in [0.05, 0.1) is 12.6 Å². The maximum atomic E-state index is 11.7. The third-order valence-corrected chi connectivity index (χ3v) is 2.46. The Morgan fingerprint density at radius 1 is 1.30 bits per heavy atom.